The van der Waals surface area contributed by atoms with Crippen molar-refractivity contribution in [1.29, 1.82) is 0 Å². The first-order valence-electron chi connectivity index (χ1n) is 10.1. The smallest absolute Gasteiger partial charge is 0.191 e. The average Bonchev–Trinajstić information content (AvgIpc) is 3.19. The first-order valence-corrected chi connectivity index (χ1v) is 11.1. The van der Waals surface area contributed by atoms with Gasteiger partial charge >= 0.3 is 0 Å². The summed E-state index contributed by atoms with van der Waals surface area (Å²) in [5.74, 6) is 3.78. The van der Waals surface area contributed by atoms with Crippen LogP contribution < -0.4 is 14.2 Å². The fourth-order valence-electron chi connectivity index (χ4n) is 3.15. The van der Waals surface area contributed by atoms with Crippen LogP contribution in [0, 0.1) is 6.92 Å². The molecule has 0 unspecified atom stereocenters. The Balaban J connectivity index is 1.73. The number of methoxy groups -OCH3 is 3. The van der Waals surface area contributed by atoms with E-state index in [1.165, 1.54) is 5.56 Å². The molecule has 0 bridgehead atoms. The zero-order valence-electron chi connectivity index (χ0n) is 18.5. The van der Waals surface area contributed by atoms with Crippen molar-refractivity contribution in [3.63, 3.8) is 0 Å². The first kappa shape index (κ1) is 23.0. The molecular weight excluding hydrogens is 414 g/mol. The van der Waals surface area contributed by atoms with Gasteiger partial charge in [-0.05, 0) is 49.2 Å². The normalized spacial score (nSPS) is 10.8. The lowest BCUT2D eigenvalue weighted by Gasteiger charge is -2.12. The van der Waals surface area contributed by atoms with Crippen LogP contribution in [0.5, 0.6) is 17.2 Å². The molecule has 1 aromatic heterocycles. The minimum absolute atomic E-state index is 0.588. The molecule has 31 heavy (non-hydrogen) atoms. The molecule has 0 saturated heterocycles. The van der Waals surface area contributed by atoms with Gasteiger partial charge in [-0.15, -0.1) is 10.2 Å². The summed E-state index contributed by atoms with van der Waals surface area (Å²) in [7, 11) is 4.96. The van der Waals surface area contributed by atoms with Crippen molar-refractivity contribution in [3.8, 4) is 28.6 Å². The number of hydrogen-bond acceptors (Lipinski definition) is 7. The Hall–Kier alpha value is -2.71. The Labute approximate surface area is 187 Å². The lowest BCUT2D eigenvalue weighted by atomic mass is 10.2. The number of nitrogens with zero attached hydrogens (tertiary/aromatic N) is 3. The number of thioether (sulfide) groups is 1. The number of aryl methyl sites for hydroxylation is 1. The van der Waals surface area contributed by atoms with Crippen LogP contribution >= 0.6 is 11.8 Å². The highest BCUT2D eigenvalue weighted by Gasteiger charge is 2.16. The topological polar surface area (TPSA) is 67.6 Å². The molecule has 0 N–H and O–H groups in total. The average molecular weight is 444 g/mol. The van der Waals surface area contributed by atoms with Gasteiger partial charge in [-0.1, -0.05) is 23.9 Å². The minimum Gasteiger partial charge on any atom is -0.493 e. The Kier molecular flexibility index (Phi) is 8.61. The maximum Gasteiger partial charge on any atom is 0.191 e. The van der Waals surface area contributed by atoms with Gasteiger partial charge in [0.05, 0.1) is 20.8 Å². The van der Waals surface area contributed by atoms with Crippen molar-refractivity contribution in [1.82, 2.24) is 14.8 Å². The number of aromatic nitrogens is 3. The SMILES string of the molecule is COCCCn1c(SCCOc2cccc(C)c2)nnc1-c1ccc(OC)c(OC)c1. The van der Waals surface area contributed by atoms with E-state index in [4.69, 9.17) is 18.9 Å². The lowest BCUT2D eigenvalue weighted by molar-refractivity contribution is 0.189. The molecule has 0 aliphatic carbocycles. The number of rotatable bonds is 12. The molecule has 0 saturated carbocycles. The van der Waals surface area contributed by atoms with E-state index in [1.807, 2.05) is 36.4 Å². The Morgan fingerprint density at radius 3 is 2.52 bits per heavy atom. The van der Waals surface area contributed by atoms with Crippen molar-refractivity contribution in [3.05, 3.63) is 48.0 Å². The molecule has 0 radical (unpaired) electrons. The summed E-state index contributed by atoms with van der Waals surface area (Å²) < 4.78 is 24.0. The van der Waals surface area contributed by atoms with Crippen LogP contribution in [0.1, 0.15) is 12.0 Å². The van der Waals surface area contributed by atoms with E-state index in [0.717, 1.165) is 41.0 Å². The lowest BCUT2D eigenvalue weighted by Crippen LogP contribution is -2.07. The molecule has 3 aromatic rings. The second kappa shape index (κ2) is 11.6. The van der Waals surface area contributed by atoms with E-state index < -0.39 is 0 Å². The number of benzene rings is 2. The molecule has 2 aromatic carbocycles. The van der Waals surface area contributed by atoms with Crippen molar-refractivity contribution in [2.75, 3.05) is 40.3 Å². The molecular formula is C23H29N3O4S. The molecule has 8 heteroatoms. The van der Waals surface area contributed by atoms with Crippen LogP contribution in [0.4, 0.5) is 0 Å². The van der Waals surface area contributed by atoms with Gasteiger partial charge in [0, 0.05) is 31.6 Å². The molecule has 0 atom stereocenters. The Morgan fingerprint density at radius 1 is 0.935 bits per heavy atom. The predicted molar refractivity (Wildman–Crippen MR) is 122 cm³/mol. The fourth-order valence-corrected chi connectivity index (χ4v) is 3.93. The van der Waals surface area contributed by atoms with Gasteiger partial charge in [0.25, 0.3) is 0 Å². The van der Waals surface area contributed by atoms with Crippen molar-refractivity contribution in [2.24, 2.45) is 0 Å². The van der Waals surface area contributed by atoms with Crippen molar-refractivity contribution >= 4 is 11.8 Å². The van der Waals surface area contributed by atoms with E-state index in [1.54, 1.807) is 33.1 Å². The van der Waals surface area contributed by atoms with Crippen LogP contribution in [0.3, 0.4) is 0 Å². The molecule has 0 spiro atoms. The van der Waals surface area contributed by atoms with Gasteiger partial charge in [0.15, 0.2) is 22.5 Å². The highest BCUT2D eigenvalue weighted by molar-refractivity contribution is 7.99. The van der Waals surface area contributed by atoms with Crippen LogP contribution in [0.2, 0.25) is 0 Å². The van der Waals surface area contributed by atoms with E-state index in [0.29, 0.717) is 24.7 Å². The molecule has 0 aliphatic rings. The maximum absolute atomic E-state index is 5.87. The largest absolute Gasteiger partial charge is 0.493 e. The minimum atomic E-state index is 0.588. The van der Waals surface area contributed by atoms with Crippen LogP contribution in [-0.4, -0.2) is 55.1 Å². The fraction of sp³-hybridized carbons (Fsp3) is 0.391. The highest BCUT2D eigenvalue weighted by Crippen LogP contribution is 2.33. The van der Waals surface area contributed by atoms with Crippen molar-refractivity contribution in [2.45, 2.75) is 25.0 Å². The molecule has 3 rings (SSSR count). The van der Waals surface area contributed by atoms with Gasteiger partial charge in [0.1, 0.15) is 5.75 Å². The van der Waals surface area contributed by atoms with E-state index in [2.05, 4.69) is 27.8 Å². The van der Waals surface area contributed by atoms with E-state index in [9.17, 15) is 0 Å². The maximum atomic E-state index is 5.87. The second-order valence-corrected chi connectivity index (χ2v) is 7.95. The third-order valence-electron chi connectivity index (χ3n) is 4.66. The van der Waals surface area contributed by atoms with Crippen LogP contribution in [0.15, 0.2) is 47.6 Å². The Morgan fingerprint density at radius 2 is 1.77 bits per heavy atom. The summed E-state index contributed by atoms with van der Waals surface area (Å²) in [6.45, 7) is 4.07. The van der Waals surface area contributed by atoms with Crippen LogP contribution in [-0.2, 0) is 11.3 Å². The highest BCUT2D eigenvalue weighted by atomic mass is 32.2. The Bertz CT molecular complexity index is 977. The standard InChI is InChI=1S/C23H29N3O4S/c1-17-7-5-8-19(15-17)30-13-14-31-23-25-24-22(26(23)11-6-12-27-2)18-9-10-20(28-3)21(16-18)29-4/h5,7-10,15-16H,6,11-14H2,1-4H3. The van der Waals surface area contributed by atoms with Crippen molar-refractivity contribution < 1.29 is 18.9 Å². The van der Waals surface area contributed by atoms with Crippen LogP contribution in [0.25, 0.3) is 11.4 Å². The third-order valence-corrected chi connectivity index (χ3v) is 5.59. The van der Waals surface area contributed by atoms with E-state index >= 15 is 0 Å². The monoisotopic (exact) mass is 443 g/mol. The first-order chi connectivity index (χ1) is 15.2. The van der Waals surface area contributed by atoms with E-state index in [-0.39, 0.29) is 0 Å². The predicted octanol–water partition coefficient (Wildman–Crippen LogP) is 4.48. The zero-order valence-corrected chi connectivity index (χ0v) is 19.3. The molecule has 0 fully saturated rings. The summed E-state index contributed by atoms with van der Waals surface area (Å²) in [6.07, 6.45) is 0.863. The summed E-state index contributed by atoms with van der Waals surface area (Å²) in [5, 5.41) is 9.75. The molecule has 166 valence electrons. The van der Waals surface area contributed by atoms with Gasteiger partial charge in [-0.25, -0.2) is 0 Å². The summed E-state index contributed by atoms with van der Waals surface area (Å²) in [4.78, 5) is 0. The van der Waals surface area contributed by atoms with Gasteiger partial charge in [-0.3, -0.25) is 0 Å². The summed E-state index contributed by atoms with van der Waals surface area (Å²) >= 11 is 1.63. The quantitative estimate of drug-likeness (QED) is 0.302. The van der Waals surface area contributed by atoms with Gasteiger partial charge in [0.2, 0.25) is 0 Å². The molecule has 0 aliphatic heterocycles. The summed E-state index contributed by atoms with van der Waals surface area (Å²) in [5.41, 5.74) is 2.10. The summed E-state index contributed by atoms with van der Waals surface area (Å²) in [6, 6.07) is 13.8. The molecule has 7 nitrogen and oxygen atoms in total. The van der Waals surface area contributed by atoms with Gasteiger partial charge < -0.3 is 23.5 Å². The van der Waals surface area contributed by atoms with Gasteiger partial charge in [-0.2, -0.15) is 0 Å². The third kappa shape index (κ3) is 6.15. The zero-order chi connectivity index (χ0) is 22.1. The second-order valence-electron chi connectivity index (χ2n) is 6.89. The number of hydrogen-bond donors (Lipinski definition) is 0. The molecule has 0 amide bonds. The molecule has 1 heterocycles. The number of ether oxygens (including phenoxy) is 4.